The van der Waals surface area contributed by atoms with Crippen molar-refractivity contribution in [1.29, 1.82) is 0 Å². The smallest absolute Gasteiger partial charge is 0.321 e. The maximum absolute atomic E-state index is 13.0. The zero-order chi connectivity index (χ0) is 22.5. The summed E-state index contributed by atoms with van der Waals surface area (Å²) in [6, 6.07) is 12.6. The number of carbonyl (C=O) groups is 2. The first-order chi connectivity index (χ1) is 15.5. The van der Waals surface area contributed by atoms with E-state index in [-0.39, 0.29) is 28.7 Å². The van der Waals surface area contributed by atoms with Crippen LogP contribution in [0.5, 0.6) is 5.75 Å². The van der Waals surface area contributed by atoms with Crippen molar-refractivity contribution in [2.75, 3.05) is 30.8 Å². The fraction of sp³-hybridized carbons (Fsp3) is 0.273. The van der Waals surface area contributed by atoms with Gasteiger partial charge in [0.1, 0.15) is 16.6 Å². The predicted octanol–water partition coefficient (Wildman–Crippen LogP) is 4.35. The minimum Gasteiger partial charge on any atom is -0.497 e. The van der Waals surface area contributed by atoms with Gasteiger partial charge in [0.15, 0.2) is 0 Å². The van der Waals surface area contributed by atoms with E-state index in [9.17, 15) is 14.0 Å². The van der Waals surface area contributed by atoms with Crippen LogP contribution < -0.4 is 15.4 Å². The monoisotopic (exact) mass is 455 g/mol. The van der Waals surface area contributed by atoms with Crippen molar-refractivity contribution < 1.29 is 18.7 Å². The SMILES string of the molecule is COc1ccc(NC(=O)N2CCC(c3nnc(C(=O)Nc4ccc(F)cc4)s3)CC2)cc1. The van der Waals surface area contributed by atoms with E-state index in [1.807, 2.05) is 0 Å². The third kappa shape index (κ3) is 5.20. The van der Waals surface area contributed by atoms with E-state index in [0.29, 0.717) is 24.5 Å². The summed E-state index contributed by atoms with van der Waals surface area (Å²) in [5.41, 5.74) is 1.20. The minimum absolute atomic E-state index is 0.143. The topological polar surface area (TPSA) is 96.4 Å². The third-order valence-electron chi connectivity index (χ3n) is 5.21. The molecule has 3 aromatic rings. The lowest BCUT2D eigenvalue weighted by Crippen LogP contribution is -2.40. The van der Waals surface area contributed by atoms with Gasteiger partial charge in [0, 0.05) is 30.4 Å². The quantitative estimate of drug-likeness (QED) is 0.596. The second-order valence-corrected chi connectivity index (χ2v) is 8.34. The summed E-state index contributed by atoms with van der Waals surface area (Å²) in [4.78, 5) is 26.7. The van der Waals surface area contributed by atoms with Crippen molar-refractivity contribution in [3.8, 4) is 5.75 Å². The molecule has 4 rings (SSSR count). The van der Waals surface area contributed by atoms with Crippen molar-refractivity contribution in [3.05, 3.63) is 64.4 Å². The largest absolute Gasteiger partial charge is 0.497 e. The molecule has 8 nitrogen and oxygen atoms in total. The van der Waals surface area contributed by atoms with Crippen LogP contribution in [0.1, 0.15) is 33.6 Å². The number of ether oxygens (including phenoxy) is 1. The molecule has 1 fully saturated rings. The number of likely N-dealkylation sites (tertiary alicyclic amines) is 1. The number of amides is 3. The molecule has 0 radical (unpaired) electrons. The fourth-order valence-corrected chi connectivity index (χ4v) is 4.32. The van der Waals surface area contributed by atoms with E-state index in [1.54, 1.807) is 36.3 Å². The summed E-state index contributed by atoms with van der Waals surface area (Å²) in [5, 5.41) is 14.8. The Morgan fingerprint density at radius 1 is 1.00 bits per heavy atom. The Labute approximate surface area is 188 Å². The first-order valence-electron chi connectivity index (χ1n) is 10.1. The van der Waals surface area contributed by atoms with Gasteiger partial charge in [0.2, 0.25) is 5.01 Å². The van der Waals surface area contributed by atoms with Crippen LogP contribution in [0, 0.1) is 5.82 Å². The molecule has 0 saturated carbocycles. The van der Waals surface area contributed by atoms with Gasteiger partial charge >= 0.3 is 6.03 Å². The number of aromatic nitrogens is 2. The van der Waals surface area contributed by atoms with E-state index >= 15 is 0 Å². The maximum Gasteiger partial charge on any atom is 0.321 e. The molecule has 166 valence electrons. The summed E-state index contributed by atoms with van der Waals surface area (Å²) >= 11 is 1.25. The van der Waals surface area contributed by atoms with Crippen LogP contribution in [-0.2, 0) is 0 Å². The summed E-state index contributed by atoms with van der Waals surface area (Å²) in [5.74, 6) is 0.124. The molecule has 10 heteroatoms. The second kappa shape index (κ2) is 9.73. The number of hydrogen-bond acceptors (Lipinski definition) is 6. The number of halogens is 1. The Morgan fingerprint density at radius 3 is 2.28 bits per heavy atom. The number of nitrogens with zero attached hydrogens (tertiary/aromatic N) is 3. The fourth-order valence-electron chi connectivity index (χ4n) is 3.42. The zero-order valence-corrected chi connectivity index (χ0v) is 18.2. The van der Waals surface area contributed by atoms with Crippen molar-refractivity contribution >= 4 is 34.6 Å². The summed E-state index contributed by atoms with van der Waals surface area (Å²) in [6.45, 7) is 1.17. The van der Waals surface area contributed by atoms with Gasteiger partial charge in [-0.15, -0.1) is 10.2 Å². The average Bonchev–Trinajstić information content (AvgIpc) is 3.32. The molecule has 1 saturated heterocycles. The highest BCUT2D eigenvalue weighted by Crippen LogP contribution is 2.30. The molecule has 0 unspecified atom stereocenters. The molecule has 1 aliphatic rings. The molecule has 0 spiro atoms. The normalized spacial score (nSPS) is 14.1. The Bertz CT molecular complexity index is 1080. The van der Waals surface area contributed by atoms with Crippen LogP contribution >= 0.6 is 11.3 Å². The van der Waals surface area contributed by atoms with Gasteiger partial charge < -0.3 is 20.3 Å². The van der Waals surface area contributed by atoms with Crippen molar-refractivity contribution in [2.24, 2.45) is 0 Å². The Hall–Kier alpha value is -3.53. The highest BCUT2D eigenvalue weighted by molar-refractivity contribution is 7.13. The second-order valence-electron chi connectivity index (χ2n) is 7.33. The number of nitrogens with one attached hydrogen (secondary N) is 2. The van der Waals surface area contributed by atoms with Crippen molar-refractivity contribution in [1.82, 2.24) is 15.1 Å². The van der Waals surface area contributed by atoms with Crippen LogP contribution in [0.15, 0.2) is 48.5 Å². The van der Waals surface area contributed by atoms with Crippen molar-refractivity contribution in [2.45, 2.75) is 18.8 Å². The molecule has 2 heterocycles. The zero-order valence-electron chi connectivity index (χ0n) is 17.4. The molecule has 0 atom stereocenters. The molecule has 0 aliphatic carbocycles. The van der Waals surface area contributed by atoms with Gasteiger partial charge in [-0.25, -0.2) is 9.18 Å². The molecular formula is C22H22FN5O3S. The first kappa shape index (κ1) is 21.7. The van der Waals surface area contributed by atoms with E-state index in [4.69, 9.17) is 4.74 Å². The van der Waals surface area contributed by atoms with Gasteiger partial charge in [0.05, 0.1) is 7.11 Å². The number of methoxy groups -OCH3 is 1. The molecule has 2 N–H and O–H groups in total. The van der Waals surface area contributed by atoms with E-state index < -0.39 is 0 Å². The van der Waals surface area contributed by atoms with Gasteiger partial charge in [-0.2, -0.15) is 0 Å². The summed E-state index contributed by atoms with van der Waals surface area (Å²) < 4.78 is 18.1. The molecule has 2 aromatic carbocycles. The number of anilines is 2. The Kier molecular flexibility index (Phi) is 6.60. The number of hydrogen-bond donors (Lipinski definition) is 2. The number of urea groups is 1. The van der Waals surface area contributed by atoms with Gasteiger partial charge in [-0.1, -0.05) is 11.3 Å². The molecule has 1 aromatic heterocycles. The number of carbonyl (C=O) groups excluding carboxylic acids is 2. The minimum atomic E-state index is -0.378. The number of piperidine rings is 1. The first-order valence-corrected chi connectivity index (χ1v) is 10.9. The van der Waals surface area contributed by atoms with E-state index in [1.165, 1.54) is 35.6 Å². The standard InChI is InChI=1S/C22H22FN5O3S/c1-31-18-8-6-17(7-9-18)25-22(30)28-12-10-14(11-13-28)20-26-27-21(32-20)19(29)24-16-4-2-15(23)3-5-16/h2-9,14H,10-13H2,1H3,(H,24,29)(H,25,30). The average molecular weight is 456 g/mol. The molecule has 32 heavy (non-hydrogen) atoms. The molecule has 3 amide bonds. The lowest BCUT2D eigenvalue weighted by molar-refractivity contribution is 0.102. The number of benzene rings is 2. The Balaban J connectivity index is 1.29. The van der Waals surface area contributed by atoms with Crippen molar-refractivity contribution in [3.63, 3.8) is 0 Å². The highest BCUT2D eigenvalue weighted by Gasteiger charge is 2.27. The van der Waals surface area contributed by atoms with Gasteiger partial charge in [-0.3, -0.25) is 4.79 Å². The van der Waals surface area contributed by atoms with Crippen LogP contribution in [0.4, 0.5) is 20.6 Å². The van der Waals surface area contributed by atoms with Crippen LogP contribution in [0.3, 0.4) is 0 Å². The van der Waals surface area contributed by atoms with Gasteiger partial charge in [-0.05, 0) is 61.4 Å². The van der Waals surface area contributed by atoms with Crippen LogP contribution in [-0.4, -0.2) is 47.2 Å². The third-order valence-corrected chi connectivity index (χ3v) is 6.29. The lowest BCUT2D eigenvalue weighted by Gasteiger charge is -2.30. The van der Waals surface area contributed by atoms with E-state index in [2.05, 4.69) is 20.8 Å². The van der Waals surface area contributed by atoms with Crippen LogP contribution in [0.25, 0.3) is 0 Å². The highest BCUT2D eigenvalue weighted by atomic mass is 32.1. The van der Waals surface area contributed by atoms with E-state index in [0.717, 1.165) is 23.6 Å². The maximum atomic E-state index is 13.0. The molecule has 1 aliphatic heterocycles. The molecular weight excluding hydrogens is 433 g/mol. The Morgan fingerprint density at radius 2 is 1.62 bits per heavy atom. The predicted molar refractivity (Wildman–Crippen MR) is 120 cm³/mol. The summed E-state index contributed by atoms with van der Waals surface area (Å²) in [7, 11) is 1.59. The lowest BCUT2D eigenvalue weighted by atomic mass is 9.98. The van der Waals surface area contributed by atoms with Gasteiger partial charge in [0.25, 0.3) is 5.91 Å². The van der Waals surface area contributed by atoms with Crippen LogP contribution in [0.2, 0.25) is 0 Å². The summed E-state index contributed by atoms with van der Waals surface area (Å²) in [6.07, 6.45) is 1.48. The number of rotatable bonds is 5. The molecule has 0 bridgehead atoms.